The molecule has 0 saturated carbocycles. The molecule has 1 unspecified atom stereocenters. The molecule has 0 bridgehead atoms. The van der Waals surface area contributed by atoms with Crippen molar-refractivity contribution in [3.63, 3.8) is 0 Å². The highest BCUT2D eigenvalue weighted by molar-refractivity contribution is 6.30. The van der Waals surface area contributed by atoms with Gasteiger partial charge >= 0.3 is 6.09 Å². The van der Waals surface area contributed by atoms with E-state index >= 15 is 0 Å². The topological polar surface area (TPSA) is 58.6 Å². The molecule has 0 radical (unpaired) electrons. The lowest BCUT2D eigenvalue weighted by atomic mass is 10.2. The first kappa shape index (κ1) is 15.8. The maximum absolute atomic E-state index is 12.1. The Morgan fingerprint density at radius 3 is 2.48 bits per heavy atom. The lowest BCUT2D eigenvalue weighted by molar-refractivity contribution is 0.0218. The minimum Gasteiger partial charge on any atom is -0.444 e. The van der Waals surface area contributed by atoms with Crippen LogP contribution in [-0.2, 0) is 4.74 Å². The molecule has 0 spiro atoms. The lowest BCUT2D eigenvalue weighted by Gasteiger charge is -2.40. The SMILES string of the molecule is CC1CN(C(=O)OC(C)(C)C)CCN1c1ncc(Cl)cn1. The van der Waals surface area contributed by atoms with Crippen LogP contribution in [0.25, 0.3) is 0 Å². The molecule has 1 aromatic heterocycles. The Morgan fingerprint density at radius 2 is 1.95 bits per heavy atom. The van der Waals surface area contributed by atoms with Crippen LogP contribution in [0.3, 0.4) is 0 Å². The van der Waals surface area contributed by atoms with Crippen molar-refractivity contribution < 1.29 is 9.53 Å². The van der Waals surface area contributed by atoms with Gasteiger partial charge in [-0.25, -0.2) is 14.8 Å². The van der Waals surface area contributed by atoms with Crippen LogP contribution in [0.4, 0.5) is 10.7 Å². The zero-order valence-electron chi connectivity index (χ0n) is 12.8. The zero-order chi connectivity index (χ0) is 15.6. The third kappa shape index (κ3) is 4.20. The Labute approximate surface area is 130 Å². The molecular weight excluding hydrogens is 292 g/mol. The van der Waals surface area contributed by atoms with E-state index in [4.69, 9.17) is 16.3 Å². The second-order valence-corrected chi connectivity index (χ2v) is 6.61. The van der Waals surface area contributed by atoms with Gasteiger partial charge in [0.05, 0.1) is 17.4 Å². The molecule has 2 rings (SSSR count). The molecule has 7 heteroatoms. The minimum absolute atomic E-state index is 0.118. The number of nitrogens with zero attached hydrogens (tertiary/aromatic N) is 4. The number of rotatable bonds is 1. The van der Waals surface area contributed by atoms with Crippen molar-refractivity contribution >= 4 is 23.6 Å². The molecule has 0 N–H and O–H groups in total. The van der Waals surface area contributed by atoms with Crippen LogP contribution >= 0.6 is 11.6 Å². The minimum atomic E-state index is -0.475. The summed E-state index contributed by atoms with van der Waals surface area (Å²) in [6, 6.07) is 0.118. The van der Waals surface area contributed by atoms with E-state index in [2.05, 4.69) is 14.9 Å². The van der Waals surface area contributed by atoms with E-state index < -0.39 is 5.60 Å². The summed E-state index contributed by atoms with van der Waals surface area (Å²) >= 11 is 5.80. The first-order valence-electron chi connectivity index (χ1n) is 6.98. The molecular formula is C14H21ClN4O2. The Kier molecular flexibility index (Phi) is 4.56. The van der Waals surface area contributed by atoms with Crippen molar-refractivity contribution in [1.82, 2.24) is 14.9 Å². The summed E-state index contributed by atoms with van der Waals surface area (Å²) < 4.78 is 5.40. The van der Waals surface area contributed by atoms with Gasteiger partial charge in [-0.15, -0.1) is 0 Å². The van der Waals surface area contributed by atoms with Crippen molar-refractivity contribution in [2.24, 2.45) is 0 Å². The summed E-state index contributed by atoms with van der Waals surface area (Å²) in [5.74, 6) is 0.635. The van der Waals surface area contributed by atoms with Gasteiger partial charge < -0.3 is 14.5 Å². The van der Waals surface area contributed by atoms with Crippen LogP contribution in [0, 0.1) is 0 Å². The van der Waals surface area contributed by atoms with Crippen LogP contribution in [0.15, 0.2) is 12.4 Å². The highest BCUT2D eigenvalue weighted by Gasteiger charge is 2.30. The fourth-order valence-electron chi connectivity index (χ4n) is 2.20. The Bertz CT molecular complexity index is 501. The highest BCUT2D eigenvalue weighted by atomic mass is 35.5. The lowest BCUT2D eigenvalue weighted by Crippen LogP contribution is -2.55. The monoisotopic (exact) mass is 312 g/mol. The molecule has 21 heavy (non-hydrogen) atoms. The van der Waals surface area contributed by atoms with Gasteiger partial charge in [0.1, 0.15) is 5.60 Å². The normalized spacial score (nSPS) is 19.6. The molecule has 6 nitrogen and oxygen atoms in total. The van der Waals surface area contributed by atoms with Gasteiger partial charge in [0.15, 0.2) is 0 Å². The summed E-state index contributed by atoms with van der Waals surface area (Å²) in [5.41, 5.74) is -0.475. The van der Waals surface area contributed by atoms with Crippen LogP contribution < -0.4 is 4.90 Å². The number of aromatic nitrogens is 2. The van der Waals surface area contributed by atoms with E-state index in [-0.39, 0.29) is 12.1 Å². The number of carbonyl (C=O) groups excluding carboxylic acids is 1. The van der Waals surface area contributed by atoms with Gasteiger partial charge in [-0.05, 0) is 27.7 Å². The molecule has 0 aliphatic carbocycles. The summed E-state index contributed by atoms with van der Waals surface area (Å²) in [6.45, 7) is 9.48. The van der Waals surface area contributed by atoms with Gasteiger partial charge in [0.25, 0.3) is 0 Å². The number of halogens is 1. The number of hydrogen-bond donors (Lipinski definition) is 0. The average Bonchev–Trinajstić information content (AvgIpc) is 2.38. The first-order valence-corrected chi connectivity index (χ1v) is 7.36. The van der Waals surface area contributed by atoms with Crippen molar-refractivity contribution in [3.05, 3.63) is 17.4 Å². The Hall–Kier alpha value is -1.56. The summed E-state index contributed by atoms with van der Waals surface area (Å²) in [4.78, 5) is 24.3. The van der Waals surface area contributed by atoms with Crippen molar-refractivity contribution in [2.75, 3.05) is 24.5 Å². The van der Waals surface area contributed by atoms with Crippen LogP contribution in [0.5, 0.6) is 0 Å². The van der Waals surface area contributed by atoms with Gasteiger partial charge in [0, 0.05) is 25.7 Å². The Balaban J connectivity index is 1.99. The molecule has 116 valence electrons. The van der Waals surface area contributed by atoms with Crippen molar-refractivity contribution in [1.29, 1.82) is 0 Å². The standard InChI is InChI=1S/C14H21ClN4O2/c1-10-9-18(13(20)21-14(2,3)4)5-6-19(10)12-16-7-11(15)8-17-12/h7-8,10H,5-6,9H2,1-4H3. The maximum atomic E-state index is 12.1. The van der Waals surface area contributed by atoms with Gasteiger partial charge in [0.2, 0.25) is 5.95 Å². The summed E-state index contributed by atoms with van der Waals surface area (Å²) in [7, 11) is 0. The summed E-state index contributed by atoms with van der Waals surface area (Å²) in [5, 5.41) is 0.513. The smallest absolute Gasteiger partial charge is 0.410 e. The van der Waals surface area contributed by atoms with Gasteiger partial charge in [-0.2, -0.15) is 0 Å². The van der Waals surface area contributed by atoms with Crippen LogP contribution in [-0.4, -0.2) is 52.2 Å². The number of piperazine rings is 1. The quantitative estimate of drug-likeness (QED) is 0.797. The number of hydrogen-bond acceptors (Lipinski definition) is 5. The molecule has 1 aliphatic heterocycles. The number of carbonyl (C=O) groups is 1. The third-order valence-electron chi connectivity index (χ3n) is 3.14. The molecule has 1 saturated heterocycles. The van der Waals surface area contributed by atoms with Gasteiger partial charge in [-0.1, -0.05) is 11.6 Å². The van der Waals surface area contributed by atoms with E-state index in [1.807, 2.05) is 27.7 Å². The average molecular weight is 313 g/mol. The second kappa shape index (κ2) is 6.05. The molecule has 1 amide bonds. The Morgan fingerprint density at radius 1 is 1.33 bits per heavy atom. The highest BCUT2D eigenvalue weighted by Crippen LogP contribution is 2.19. The molecule has 2 heterocycles. The predicted octanol–water partition coefficient (Wildman–Crippen LogP) is 2.58. The first-order chi connectivity index (χ1) is 9.76. The maximum Gasteiger partial charge on any atom is 0.410 e. The summed E-state index contributed by atoms with van der Waals surface area (Å²) in [6.07, 6.45) is 2.89. The molecule has 1 fully saturated rings. The number of anilines is 1. The van der Waals surface area contributed by atoms with Crippen molar-refractivity contribution in [2.45, 2.75) is 39.3 Å². The van der Waals surface area contributed by atoms with E-state index in [1.165, 1.54) is 0 Å². The second-order valence-electron chi connectivity index (χ2n) is 6.17. The number of amides is 1. The van der Waals surface area contributed by atoms with E-state index in [9.17, 15) is 4.79 Å². The number of ether oxygens (including phenoxy) is 1. The van der Waals surface area contributed by atoms with Crippen LogP contribution in [0.1, 0.15) is 27.7 Å². The fourth-order valence-corrected chi connectivity index (χ4v) is 2.30. The molecule has 0 aromatic carbocycles. The predicted molar refractivity (Wildman–Crippen MR) is 81.7 cm³/mol. The van der Waals surface area contributed by atoms with E-state index in [0.29, 0.717) is 30.6 Å². The third-order valence-corrected chi connectivity index (χ3v) is 3.34. The molecule has 1 atom stereocenters. The van der Waals surface area contributed by atoms with Gasteiger partial charge in [-0.3, -0.25) is 0 Å². The van der Waals surface area contributed by atoms with Crippen molar-refractivity contribution in [3.8, 4) is 0 Å². The molecule has 1 aliphatic rings. The van der Waals surface area contributed by atoms with Crippen LogP contribution in [0.2, 0.25) is 5.02 Å². The van der Waals surface area contributed by atoms with E-state index in [0.717, 1.165) is 0 Å². The molecule has 1 aromatic rings. The largest absolute Gasteiger partial charge is 0.444 e. The van der Waals surface area contributed by atoms with E-state index in [1.54, 1.807) is 17.3 Å². The zero-order valence-corrected chi connectivity index (χ0v) is 13.6. The fraction of sp³-hybridized carbons (Fsp3) is 0.643.